The van der Waals surface area contributed by atoms with E-state index in [1.165, 1.54) is 0 Å². The second-order valence-corrected chi connectivity index (χ2v) is 3.59. The van der Waals surface area contributed by atoms with E-state index in [1.54, 1.807) is 0 Å². The molecule has 0 spiro atoms. The summed E-state index contributed by atoms with van der Waals surface area (Å²) in [7, 11) is 0. The number of aromatic hydroxyl groups is 1. The van der Waals surface area contributed by atoms with Crippen LogP contribution in [0.1, 0.15) is 16.7 Å². The Balaban J connectivity index is 3.59. The Morgan fingerprint density at radius 3 is 1.85 bits per heavy atom. The highest BCUT2D eigenvalue weighted by Crippen LogP contribution is 2.43. The van der Waals surface area contributed by atoms with Crippen LogP contribution in [0.4, 0.5) is 26.3 Å². The smallest absolute Gasteiger partial charge is 0.419 e. The molecule has 0 aliphatic rings. The highest BCUT2D eigenvalue weighted by atomic mass is 19.4. The largest absolute Gasteiger partial charge is 0.507 e. The van der Waals surface area contributed by atoms with Gasteiger partial charge in [0, 0.05) is 11.6 Å². The molecule has 3 nitrogen and oxygen atoms in total. The number of carboxylic acids is 1. The molecule has 1 aromatic rings. The number of halogens is 6. The van der Waals surface area contributed by atoms with Crippen molar-refractivity contribution in [2.24, 2.45) is 0 Å². The summed E-state index contributed by atoms with van der Waals surface area (Å²) in [4.78, 5) is 10.3. The predicted octanol–water partition coefficient (Wildman–Crippen LogP) is 3.53. The van der Waals surface area contributed by atoms with Gasteiger partial charge >= 0.3 is 18.3 Å². The van der Waals surface area contributed by atoms with E-state index < -0.39 is 40.8 Å². The molecule has 0 amide bonds. The molecule has 0 saturated carbocycles. The predicted molar refractivity (Wildman–Crippen MR) is 54.8 cm³/mol. The monoisotopic (exact) mass is 300 g/mol. The number of hydrogen-bond acceptors (Lipinski definition) is 2. The second-order valence-electron chi connectivity index (χ2n) is 3.59. The molecule has 9 heteroatoms. The molecule has 0 atom stereocenters. The van der Waals surface area contributed by atoms with Gasteiger partial charge in [0.1, 0.15) is 5.75 Å². The summed E-state index contributed by atoms with van der Waals surface area (Å²) >= 11 is 0. The quantitative estimate of drug-likeness (QED) is 0.649. The van der Waals surface area contributed by atoms with Crippen molar-refractivity contribution in [2.45, 2.75) is 12.4 Å². The fraction of sp³-hybridized carbons (Fsp3) is 0.182. The fourth-order valence-corrected chi connectivity index (χ4v) is 1.41. The van der Waals surface area contributed by atoms with Gasteiger partial charge < -0.3 is 10.2 Å². The summed E-state index contributed by atoms with van der Waals surface area (Å²) < 4.78 is 75.2. The molecule has 1 aromatic carbocycles. The molecule has 0 saturated heterocycles. The lowest BCUT2D eigenvalue weighted by molar-refractivity contribution is -0.142. The van der Waals surface area contributed by atoms with E-state index in [0.29, 0.717) is 0 Å². The summed E-state index contributed by atoms with van der Waals surface area (Å²) in [6, 6.07) is 0.209. The third-order valence-electron chi connectivity index (χ3n) is 2.22. The van der Waals surface area contributed by atoms with Crippen molar-refractivity contribution in [2.75, 3.05) is 0 Å². The second kappa shape index (κ2) is 5.06. The molecular formula is C11H6F6O3. The van der Waals surface area contributed by atoms with Crippen molar-refractivity contribution in [3.8, 4) is 5.75 Å². The number of carbonyl (C=O) groups is 1. The van der Waals surface area contributed by atoms with Gasteiger partial charge in [-0.1, -0.05) is 0 Å². The Hall–Kier alpha value is -2.19. The van der Waals surface area contributed by atoms with Gasteiger partial charge in [-0.2, -0.15) is 26.3 Å². The Kier molecular flexibility index (Phi) is 4.02. The molecule has 2 N–H and O–H groups in total. The molecule has 0 radical (unpaired) electrons. The van der Waals surface area contributed by atoms with Crippen molar-refractivity contribution >= 4 is 12.0 Å². The van der Waals surface area contributed by atoms with Crippen LogP contribution in [0.25, 0.3) is 6.08 Å². The minimum absolute atomic E-state index is 0.0796. The van der Waals surface area contributed by atoms with E-state index in [-0.39, 0.29) is 24.3 Å². The molecule has 0 fully saturated rings. The molecule has 0 aliphatic heterocycles. The Morgan fingerprint density at radius 2 is 1.45 bits per heavy atom. The Morgan fingerprint density at radius 1 is 1.00 bits per heavy atom. The summed E-state index contributed by atoms with van der Waals surface area (Å²) in [5.41, 5.74) is -4.51. The number of hydrogen-bond donors (Lipinski definition) is 2. The van der Waals surface area contributed by atoms with Crippen molar-refractivity contribution in [1.29, 1.82) is 0 Å². The number of phenols is 1. The average Bonchev–Trinajstić information content (AvgIpc) is 2.23. The minimum Gasteiger partial charge on any atom is -0.507 e. The maximum atomic E-state index is 12.6. The highest BCUT2D eigenvalue weighted by Gasteiger charge is 2.39. The number of aliphatic carboxylic acids is 1. The van der Waals surface area contributed by atoms with Crippen molar-refractivity contribution in [3.63, 3.8) is 0 Å². The van der Waals surface area contributed by atoms with Gasteiger partial charge in [-0.25, -0.2) is 4.79 Å². The zero-order valence-electron chi connectivity index (χ0n) is 9.38. The van der Waals surface area contributed by atoms with E-state index >= 15 is 0 Å². The number of carboxylic acid groups (broad SMARTS) is 1. The number of alkyl halides is 6. The van der Waals surface area contributed by atoms with Crippen molar-refractivity contribution < 1.29 is 41.4 Å². The van der Waals surface area contributed by atoms with Crippen molar-refractivity contribution in [1.82, 2.24) is 0 Å². The first-order valence-electron chi connectivity index (χ1n) is 4.86. The van der Waals surface area contributed by atoms with E-state index in [1.807, 2.05) is 0 Å². The van der Waals surface area contributed by atoms with Gasteiger partial charge in [0.25, 0.3) is 0 Å². The molecule has 0 aromatic heterocycles. The number of phenolic OH excluding ortho intramolecular Hbond substituents is 1. The third-order valence-corrected chi connectivity index (χ3v) is 2.22. The zero-order chi connectivity index (χ0) is 15.7. The van der Waals surface area contributed by atoms with E-state index in [0.717, 1.165) is 0 Å². The van der Waals surface area contributed by atoms with E-state index in [9.17, 15) is 36.2 Å². The minimum atomic E-state index is -5.07. The summed E-state index contributed by atoms with van der Waals surface area (Å²) in [6.45, 7) is 0. The molecule has 20 heavy (non-hydrogen) atoms. The topological polar surface area (TPSA) is 57.5 Å². The summed E-state index contributed by atoms with van der Waals surface area (Å²) in [6.07, 6.45) is -9.65. The van der Waals surface area contributed by atoms with Gasteiger partial charge in [0.15, 0.2) is 0 Å². The van der Waals surface area contributed by atoms with Gasteiger partial charge in [-0.15, -0.1) is 0 Å². The normalized spacial score (nSPS) is 12.9. The van der Waals surface area contributed by atoms with Crippen LogP contribution in [0.5, 0.6) is 5.75 Å². The lowest BCUT2D eigenvalue weighted by Crippen LogP contribution is -2.12. The van der Waals surface area contributed by atoms with Gasteiger partial charge in [0.05, 0.1) is 11.1 Å². The molecule has 0 bridgehead atoms. The van der Waals surface area contributed by atoms with Crippen molar-refractivity contribution in [3.05, 3.63) is 34.9 Å². The maximum Gasteiger partial charge on any atom is 0.419 e. The first-order valence-corrected chi connectivity index (χ1v) is 4.86. The van der Waals surface area contributed by atoms with Crippen LogP contribution < -0.4 is 0 Å². The van der Waals surface area contributed by atoms with Crippen LogP contribution in [0.2, 0.25) is 0 Å². The molecule has 0 aliphatic carbocycles. The average molecular weight is 300 g/mol. The molecule has 110 valence electrons. The SMILES string of the molecule is O=C(O)/C=C/c1c(C(F)(F)F)ccc(C(F)(F)F)c1O. The number of rotatable bonds is 2. The van der Waals surface area contributed by atoms with Gasteiger partial charge in [0.2, 0.25) is 0 Å². The molecular weight excluding hydrogens is 294 g/mol. The highest BCUT2D eigenvalue weighted by molar-refractivity contribution is 5.86. The maximum absolute atomic E-state index is 12.6. The lowest BCUT2D eigenvalue weighted by Gasteiger charge is -2.16. The standard InChI is InChI=1S/C11H6F6O3/c12-10(13,14)6-2-3-7(11(15,16)17)9(20)5(6)1-4-8(18)19/h1-4,20H,(H,18,19)/b4-1+. The van der Waals surface area contributed by atoms with Gasteiger partial charge in [-0.05, 0) is 18.2 Å². The fourth-order valence-electron chi connectivity index (χ4n) is 1.41. The Labute approximate surface area is 107 Å². The number of benzene rings is 1. The van der Waals surface area contributed by atoms with Gasteiger partial charge in [-0.3, -0.25) is 0 Å². The third kappa shape index (κ3) is 3.43. The first kappa shape index (κ1) is 15.9. The van der Waals surface area contributed by atoms with Crippen LogP contribution in [0.3, 0.4) is 0 Å². The zero-order valence-corrected chi connectivity index (χ0v) is 9.38. The van der Waals surface area contributed by atoms with Crippen LogP contribution in [0, 0.1) is 0 Å². The lowest BCUT2D eigenvalue weighted by atomic mass is 10.0. The molecule has 1 rings (SSSR count). The Bertz CT molecular complexity index is 557. The van der Waals surface area contributed by atoms with E-state index in [4.69, 9.17) is 5.11 Å². The van der Waals surface area contributed by atoms with Crippen LogP contribution in [-0.2, 0) is 17.1 Å². The molecule has 0 heterocycles. The van der Waals surface area contributed by atoms with Crippen LogP contribution in [0.15, 0.2) is 18.2 Å². The first-order chi connectivity index (χ1) is 8.94. The summed E-state index contributed by atoms with van der Waals surface area (Å²) in [5.74, 6) is -3.35. The summed E-state index contributed by atoms with van der Waals surface area (Å²) in [5, 5.41) is 17.6. The van der Waals surface area contributed by atoms with Crippen LogP contribution >= 0.6 is 0 Å². The van der Waals surface area contributed by atoms with E-state index in [2.05, 4.69) is 0 Å². The molecule has 0 unspecified atom stereocenters. The van der Waals surface area contributed by atoms with Crippen LogP contribution in [-0.4, -0.2) is 16.2 Å².